The Morgan fingerprint density at radius 2 is 1.62 bits per heavy atom. The van der Waals surface area contributed by atoms with Crippen molar-refractivity contribution >= 4 is 5.91 Å². The molecule has 0 saturated carbocycles. The van der Waals surface area contributed by atoms with Crippen LogP contribution in [0.3, 0.4) is 0 Å². The molecular formula is C25H34N2O2. The topological polar surface area (TPSA) is 32.8 Å². The van der Waals surface area contributed by atoms with Gasteiger partial charge in [0.05, 0.1) is 13.0 Å². The average Bonchev–Trinajstić information content (AvgIpc) is 2.70. The van der Waals surface area contributed by atoms with E-state index in [0.717, 1.165) is 30.9 Å². The van der Waals surface area contributed by atoms with Gasteiger partial charge in [-0.1, -0.05) is 56.3 Å². The molecule has 2 aromatic rings. The minimum Gasteiger partial charge on any atom is -0.494 e. The molecule has 0 N–H and O–H groups in total. The number of ether oxygens (including phenoxy) is 1. The summed E-state index contributed by atoms with van der Waals surface area (Å²) in [5, 5.41) is 0. The number of rotatable bonds is 7. The summed E-state index contributed by atoms with van der Waals surface area (Å²) in [6.07, 6.45) is 0.437. The molecule has 1 amide bonds. The highest BCUT2D eigenvalue weighted by Gasteiger charge is 2.36. The summed E-state index contributed by atoms with van der Waals surface area (Å²) in [7, 11) is 1.97. The first-order chi connectivity index (χ1) is 14.0. The second kappa shape index (κ2) is 9.93. The molecule has 4 heteroatoms. The van der Waals surface area contributed by atoms with E-state index in [9.17, 15) is 4.79 Å². The Kier molecular flexibility index (Phi) is 7.32. The Morgan fingerprint density at radius 1 is 1.00 bits per heavy atom. The van der Waals surface area contributed by atoms with E-state index in [1.807, 2.05) is 43.1 Å². The fraction of sp³-hybridized carbons (Fsp3) is 0.480. The Bertz CT molecular complexity index is 763. The summed E-state index contributed by atoms with van der Waals surface area (Å²) in [4.78, 5) is 17.5. The lowest BCUT2D eigenvalue weighted by Crippen LogP contribution is -2.55. The van der Waals surface area contributed by atoms with Crippen LogP contribution in [0.5, 0.6) is 5.75 Å². The lowest BCUT2D eigenvalue weighted by molar-refractivity contribution is -0.135. The van der Waals surface area contributed by atoms with Gasteiger partial charge in [-0.3, -0.25) is 9.69 Å². The van der Waals surface area contributed by atoms with Crippen molar-refractivity contribution in [3.05, 3.63) is 65.7 Å². The van der Waals surface area contributed by atoms with Gasteiger partial charge < -0.3 is 9.64 Å². The van der Waals surface area contributed by atoms with Crippen LogP contribution in [-0.4, -0.2) is 48.5 Å². The van der Waals surface area contributed by atoms with Gasteiger partial charge in [-0.15, -0.1) is 0 Å². The van der Waals surface area contributed by atoms with Crippen molar-refractivity contribution in [3.8, 4) is 5.75 Å². The number of hydrogen-bond acceptors (Lipinski definition) is 3. The smallest absolute Gasteiger partial charge is 0.227 e. The van der Waals surface area contributed by atoms with Gasteiger partial charge in [-0.25, -0.2) is 0 Å². The Morgan fingerprint density at radius 3 is 2.21 bits per heavy atom. The van der Waals surface area contributed by atoms with Crippen LogP contribution in [0, 0.1) is 11.8 Å². The van der Waals surface area contributed by atoms with Crippen LogP contribution in [0.2, 0.25) is 0 Å². The van der Waals surface area contributed by atoms with E-state index in [4.69, 9.17) is 4.74 Å². The molecule has 29 heavy (non-hydrogen) atoms. The van der Waals surface area contributed by atoms with E-state index in [-0.39, 0.29) is 11.9 Å². The molecule has 1 aliphatic rings. The summed E-state index contributed by atoms with van der Waals surface area (Å²) in [5.74, 6) is 1.92. The van der Waals surface area contributed by atoms with Crippen LogP contribution in [0.25, 0.3) is 0 Å². The van der Waals surface area contributed by atoms with E-state index >= 15 is 0 Å². The van der Waals surface area contributed by atoms with E-state index in [0.29, 0.717) is 24.9 Å². The van der Waals surface area contributed by atoms with Gasteiger partial charge in [0.1, 0.15) is 5.75 Å². The monoisotopic (exact) mass is 394 g/mol. The van der Waals surface area contributed by atoms with Crippen molar-refractivity contribution in [2.45, 2.75) is 39.8 Å². The zero-order chi connectivity index (χ0) is 20.8. The average molecular weight is 395 g/mol. The van der Waals surface area contributed by atoms with Gasteiger partial charge in [-0.2, -0.15) is 0 Å². The van der Waals surface area contributed by atoms with E-state index in [2.05, 4.69) is 49.1 Å². The number of likely N-dealkylation sites (N-methyl/N-ethyl adjacent to an activating group) is 1. The minimum absolute atomic E-state index is 0.189. The van der Waals surface area contributed by atoms with Crippen molar-refractivity contribution in [2.75, 3.05) is 26.7 Å². The summed E-state index contributed by atoms with van der Waals surface area (Å²) in [5.41, 5.74) is 2.39. The van der Waals surface area contributed by atoms with Crippen molar-refractivity contribution in [1.82, 2.24) is 9.80 Å². The molecule has 0 aliphatic carbocycles. The van der Waals surface area contributed by atoms with Crippen molar-refractivity contribution in [3.63, 3.8) is 0 Å². The predicted octanol–water partition coefficient (Wildman–Crippen LogP) is 4.24. The normalized spacial score (nSPS) is 20.4. The molecule has 1 fully saturated rings. The molecule has 1 saturated heterocycles. The van der Waals surface area contributed by atoms with Crippen LogP contribution >= 0.6 is 0 Å². The molecular weight excluding hydrogens is 360 g/mol. The molecule has 1 aliphatic heterocycles. The molecule has 0 spiro atoms. The molecule has 1 heterocycles. The second-order valence-corrected chi connectivity index (χ2v) is 8.38. The van der Waals surface area contributed by atoms with E-state index < -0.39 is 0 Å². The van der Waals surface area contributed by atoms with Gasteiger partial charge in [0, 0.05) is 32.7 Å². The third-order valence-corrected chi connectivity index (χ3v) is 5.94. The number of carbonyl (C=O) groups is 1. The summed E-state index contributed by atoms with van der Waals surface area (Å²) in [6.45, 7) is 10.2. The zero-order valence-corrected chi connectivity index (χ0v) is 18.2. The van der Waals surface area contributed by atoms with E-state index in [1.54, 1.807) is 0 Å². The summed E-state index contributed by atoms with van der Waals surface area (Å²) < 4.78 is 5.49. The molecule has 156 valence electrons. The Labute approximate surface area is 175 Å². The largest absolute Gasteiger partial charge is 0.494 e. The molecule has 4 nitrogen and oxygen atoms in total. The lowest BCUT2D eigenvalue weighted by Gasteiger charge is -2.45. The SMILES string of the molecule is CCOc1ccc(CC(=O)N(C)C2[C@@H](C)CN(Cc3ccccc3)C[C@@H]2C)cc1. The van der Waals surface area contributed by atoms with Crippen LogP contribution in [0.4, 0.5) is 0 Å². The van der Waals surface area contributed by atoms with Crippen molar-refractivity contribution in [2.24, 2.45) is 11.8 Å². The van der Waals surface area contributed by atoms with Crippen molar-refractivity contribution < 1.29 is 9.53 Å². The first-order valence-corrected chi connectivity index (χ1v) is 10.7. The first kappa shape index (κ1) is 21.4. The van der Waals surface area contributed by atoms with Crippen molar-refractivity contribution in [1.29, 1.82) is 0 Å². The molecule has 0 unspecified atom stereocenters. The lowest BCUT2D eigenvalue weighted by atomic mass is 9.84. The zero-order valence-electron chi connectivity index (χ0n) is 18.2. The summed E-state index contributed by atoms with van der Waals surface area (Å²) >= 11 is 0. The number of carbonyl (C=O) groups excluding carboxylic acids is 1. The number of benzene rings is 2. The van der Waals surface area contributed by atoms with Crippen LogP contribution in [0.15, 0.2) is 54.6 Å². The number of amides is 1. The minimum atomic E-state index is 0.189. The Balaban J connectivity index is 1.58. The molecule has 0 aromatic heterocycles. The third-order valence-electron chi connectivity index (χ3n) is 5.94. The second-order valence-electron chi connectivity index (χ2n) is 8.38. The Hall–Kier alpha value is -2.33. The summed E-state index contributed by atoms with van der Waals surface area (Å²) in [6, 6.07) is 18.8. The molecule has 3 rings (SSSR count). The van der Waals surface area contributed by atoms with Gasteiger partial charge in [0.25, 0.3) is 0 Å². The maximum atomic E-state index is 13.0. The quantitative estimate of drug-likeness (QED) is 0.704. The van der Waals surface area contributed by atoms with Crippen LogP contribution in [-0.2, 0) is 17.8 Å². The van der Waals surface area contributed by atoms with E-state index in [1.165, 1.54) is 5.56 Å². The highest BCUT2D eigenvalue weighted by molar-refractivity contribution is 5.79. The maximum Gasteiger partial charge on any atom is 0.227 e. The first-order valence-electron chi connectivity index (χ1n) is 10.7. The molecule has 2 atom stereocenters. The number of nitrogens with zero attached hydrogens (tertiary/aromatic N) is 2. The maximum absolute atomic E-state index is 13.0. The number of hydrogen-bond donors (Lipinski definition) is 0. The molecule has 0 bridgehead atoms. The highest BCUT2D eigenvalue weighted by atomic mass is 16.5. The third kappa shape index (κ3) is 5.60. The van der Waals surface area contributed by atoms with Gasteiger partial charge in [-0.05, 0) is 42.0 Å². The molecule has 0 radical (unpaired) electrons. The van der Waals surface area contributed by atoms with Gasteiger partial charge >= 0.3 is 0 Å². The van der Waals surface area contributed by atoms with Crippen LogP contribution < -0.4 is 4.74 Å². The predicted molar refractivity (Wildman–Crippen MR) is 118 cm³/mol. The molecule has 2 aromatic carbocycles. The standard InChI is InChI=1S/C25H34N2O2/c1-5-29-23-13-11-21(12-14-23)15-24(28)26(4)25-19(2)16-27(17-20(25)3)18-22-9-7-6-8-10-22/h6-14,19-20,25H,5,15-18H2,1-4H3/t19-,20-/m0/s1. The number of piperidine rings is 1. The number of likely N-dealkylation sites (tertiary alicyclic amines) is 1. The fourth-order valence-electron chi connectivity index (χ4n) is 4.74. The van der Waals surface area contributed by atoms with Gasteiger partial charge in [0.15, 0.2) is 0 Å². The highest BCUT2D eigenvalue weighted by Crippen LogP contribution is 2.28. The van der Waals surface area contributed by atoms with Crippen LogP contribution in [0.1, 0.15) is 31.9 Å². The van der Waals surface area contributed by atoms with Gasteiger partial charge in [0.2, 0.25) is 5.91 Å². The fourth-order valence-corrected chi connectivity index (χ4v) is 4.74.